The van der Waals surface area contributed by atoms with Gasteiger partial charge in [0.2, 0.25) is 5.91 Å². The van der Waals surface area contributed by atoms with Crippen LogP contribution in [0.1, 0.15) is 52.2 Å². The number of nitrogens with one attached hydrogen (secondary N) is 1. The molecule has 2 rings (SSSR count). The third-order valence-electron chi connectivity index (χ3n) is 5.52. The number of hydrogen-bond acceptors (Lipinski definition) is 5. The van der Waals surface area contributed by atoms with E-state index in [1.54, 1.807) is 14.2 Å². The van der Waals surface area contributed by atoms with Crippen molar-refractivity contribution >= 4 is 5.91 Å². The van der Waals surface area contributed by atoms with Crippen LogP contribution in [0, 0.1) is 12.3 Å². The normalized spacial score (nSPS) is 16.4. The second-order valence-electron chi connectivity index (χ2n) is 10.4. The van der Waals surface area contributed by atoms with Crippen LogP contribution in [0.4, 0.5) is 0 Å². The van der Waals surface area contributed by atoms with E-state index >= 15 is 0 Å². The number of methoxy groups -OCH3 is 2. The summed E-state index contributed by atoms with van der Waals surface area (Å²) >= 11 is 0. The van der Waals surface area contributed by atoms with Gasteiger partial charge >= 0.3 is 0 Å². The molecule has 30 heavy (non-hydrogen) atoms. The smallest absolute Gasteiger partial charge is 0.234 e. The van der Waals surface area contributed by atoms with Crippen LogP contribution in [0.3, 0.4) is 0 Å². The van der Waals surface area contributed by atoms with Gasteiger partial charge in [-0.05, 0) is 55.9 Å². The molecule has 6 heteroatoms. The number of ether oxygens (including phenoxy) is 2. The van der Waals surface area contributed by atoms with Crippen molar-refractivity contribution in [3.8, 4) is 11.5 Å². The van der Waals surface area contributed by atoms with Crippen molar-refractivity contribution in [2.24, 2.45) is 5.41 Å². The maximum Gasteiger partial charge on any atom is 0.234 e. The number of rotatable bonds is 8. The van der Waals surface area contributed by atoms with Gasteiger partial charge in [-0.2, -0.15) is 0 Å². The highest BCUT2D eigenvalue weighted by Crippen LogP contribution is 2.31. The molecule has 6 nitrogen and oxygen atoms in total. The first-order valence-corrected chi connectivity index (χ1v) is 10.9. The van der Waals surface area contributed by atoms with Crippen LogP contribution in [0.5, 0.6) is 11.5 Å². The summed E-state index contributed by atoms with van der Waals surface area (Å²) < 4.78 is 10.8. The Morgan fingerprint density at radius 1 is 0.967 bits per heavy atom. The number of carbonyl (C=O) groups excluding carboxylic acids is 1. The lowest BCUT2D eigenvalue weighted by molar-refractivity contribution is -0.124. The van der Waals surface area contributed by atoms with Crippen LogP contribution in [0.2, 0.25) is 0 Å². The number of amides is 1. The van der Waals surface area contributed by atoms with Gasteiger partial charge in [-0.25, -0.2) is 0 Å². The summed E-state index contributed by atoms with van der Waals surface area (Å²) in [6, 6.07) is 4.11. The minimum Gasteiger partial charge on any atom is -0.493 e. The molecule has 0 aliphatic carbocycles. The molecule has 1 heterocycles. The second-order valence-corrected chi connectivity index (χ2v) is 10.4. The molecule has 0 atom stereocenters. The van der Waals surface area contributed by atoms with E-state index in [4.69, 9.17) is 9.47 Å². The number of piperazine rings is 1. The number of nitrogens with zero attached hydrogens (tertiary/aromatic N) is 2. The van der Waals surface area contributed by atoms with Gasteiger partial charge in [0.15, 0.2) is 11.5 Å². The molecule has 0 saturated carbocycles. The van der Waals surface area contributed by atoms with Crippen molar-refractivity contribution in [3.05, 3.63) is 23.3 Å². The van der Waals surface area contributed by atoms with Crippen molar-refractivity contribution in [2.75, 3.05) is 46.9 Å². The molecule has 1 aromatic rings. The monoisotopic (exact) mass is 419 g/mol. The zero-order chi connectivity index (χ0) is 22.5. The molecular formula is C24H41N3O3. The van der Waals surface area contributed by atoms with E-state index in [1.165, 1.54) is 11.1 Å². The first-order valence-electron chi connectivity index (χ1n) is 10.9. The third-order valence-corrected chi connectivity index (χ3v) is 5.52. The number of carbonyl (C=O) groups is 1. The van der Waals surface area contributed by atoms with Gasteiger partial charge in [0, 0.05) is 38.3 Å². The highest BCUT2D eigenvalue weighted by atomic mass is 16.5. The van der Waals surface area contributed by atoms with Crippen molar-refractivity contribution in [3.63, 3.8) is 0 Å². The predicted molar refractivity (Wildman–Crippen MR) is 122 cm³/mol. The summed E-state index contributed by atoms with van der Waals surface area (Å²) in [6.07, 6.45) is 0.949. The maximum absolute atomic E-state index is 12.6. The Hall–Kier alpha value is -1.79. The van der Waals surface area contributed by atoms with E-state index < -0.39 is 0 Å². The Balaban J connectivity index is 1.85. The van der Waals surface area contributed by atoms with Gasteiger partial charge in [-0.1, -0.05) is 20.8 Å². The lowest BCUT2D eigenvalue weighted by Gasteiger charge is -2.36. The summed E-state index contributed by atoms with van der Waals surface area (Å²) in [7, 11) is 3.33. The van der Waals surface area contributed by atoms with E-state index in [2.05, 4.69) is 62.7 Å². The predicted octanol–water partition coefficient (Wildman–Crippen LogP) is 3.46. The average Bonchev–Trinajstić information content (AvgIpc) is 2.61. The van der Waals surface area contributed by atoms with E-state index in [-0.39, 0.29) is 16.9 Å². The molecule has 1 fully saturated rings. The van der Waals surface area contributed by atoms with E-state index in [1.807, 2.05) is 6.07 Å². The lowest BCUT2D eigenvalue weighted by Crippen LogP contribution is -2.52. The summed E-state index contributed by atoms with van der Waals surface area (Å²) in [6.45, 7) is 18.0. The summed E-state index contributed by atoms with van der Waals surface area (Å²) in [5.74, 6) is 1.66. The average molecular weight is 420 g/mol. The van der Waals surface area contributed by atoms with E-state index in [0.29, 0.717) is 6.54 Å². The van der Waals surface area contributed by atoms with E-state index in [9.17, 15) is 4.79 Å². The second kappa shape index (κ2) is 10.0. The Labute approximate surface area is 182 Å². The molecule has 0 bridgehead atoms. The van der Waals surface area contributed by atoms with E-state index in [0.717, 1.165) is 50.6 Å². The van der Waals surface area contributed by atoms with Crippen LogP contribution in [0.15, 0.2) is 12.1 Å². The molecular weight excluding hydrogens is 378 g/mol. The van der Waals surface area contributed by atoms with Crippen molar-refractivity contribution in [1.82, 2.24) is 15.1 Å². The van der Waals surface area contributed by atoms with Gasteiger partial charge in [0.25, 0.3) is 0 Å². The molecule has 1 aliphatic rings. The molecule has 1 aromatic carbocycles. The van der Waals surface area contributed by atoms with Crippen molar-refractivity contribution in [1.29, 1.82) is 0 Å². The zero-order valence-electron chi connectivity index (χ0n) is 20.2. The largest absolute Gasteiger partial charge is 0.493 e. The molecule has 0 spiro atoms. The van der Waals surface area contributed by atoms with Crippen LogP contribution in [0.25, 0.3) is 0 Å². The summed E-state index contributed by atoms with van der Waals surface area (Å²) in [5.41, 5.74) is 2.45. The van der Waals surface area contributed by atoms with Crippen molar-refractivity contribution < 1.29 is 14.3 Å². The van der Waals surface area contributed by atoms with Crippen LogP contribution in [-0.4, -0.2) is 68.2 Å². The molecule has 0 unspecified atom stereocenters. The fraction of sp³-hybridized carbons (Fsp3) is 0.708. The fourth-order valence-electron chi connectivity index (χ4n) is 4.53. The van der Waals surface area contributed by atoms with Crippen LogP contribution in [-0.2, 0) is 11.3 Å². The van der Waals surface area contributed by atoms with Crippen LogP contribution < -0.4 is 14.8 Å². The molecule has 0 aromatic heterocycles. The molecule has 170 valence electrons. The molecule has 0 radical (unpaired) electrons. The number of benzene rings is 1. The van der Waals surface area contributed by atoms with Gasteiger partial charge in [0.05, 0.1) is 20.8 Å². The first kappa shape index (κ1) is 24.5. The molecule has 1 aliphatic heterocycles. The Morgan fingerprint density at radius 3 is 2.03 bits per heavy atom. The SMILES string of the molecule is COc1cc(C)c(CN2CCN(CC(=O)NC(C)(C)CC(C)(C)C)CC2)cc1OC. The number of aryl methyl sites for hydroxylation is 1. The van der Waals surface area contributed by atoms with Gasteiger partial charge in [-0.3, -0.25) is 14.6 Å². The maximum atomic E-state index is 12.6. The highest BCUT2D eigenvalue weighted by Gasteiger charge is 2.28. The Bertz CT molecular complexity index is 717. The Morgan fingerprint density at radius 2 is 1.50 bits per heavy atom. The quantitative estimate of drug-likeness (QED) is 0.699. The molecule has 1 N–H and O–H groups in total. The van der Waals surface area contributed by atoms with Gasteiger partial charge < -0.3 is 14.8 Å². The highest BCUT2D eigenvalue weighted by molar-refractivity contribution is 5.78. The third kappa shape index (κ3) is 7.47. The lowest BCUT2D eigenvalue weighted by atomic mass is 9.82. The summed E-state index contributed by atoms with van der Waals surface area (Å²) in [5, 5.41) is 3.22. The fourth-order valence-corrected chi connectivity index (χ4v) is 4.53. The Kier molecular flexibility index (Phi) is 8.17. The van der Waals surface area contributed by atoms with Gasteiger partial charge in [0.1, 0.15) is 0 Å². The molecule has 1 saturated heterocycles. The van der Waals surface area contributed by atoms with Crippen LogP contribution >= 0.6 is 0 Å². The first-order chi connectivity index (χ1) is 13.9. The topological polar surface area (TPSA) is 54.0 Å². The zero-order valence-corrected chi connectivity index (χ0v) is 20.2. The summed E-state index contributed by atoms with van der Waals surface area (Å²) in [4.78, 5) is 17.3. The van der Waals surface area contributed by atoms with Crippen molar-refractivity contribution in [2.45, 2.75) is 60.0 Å². The molecule has 1 amide bonds. The minimum absolute atomic E-state index is 0.119. The van der Waals surface area contributed by atoms with Gasteiger partial charge in [-0.15, -0.1) is 0 Å². The number of hydrogen-bond donors (Lipinski definition) is 1. The standard InChI is InChI=1S/C24H41N3O3/c1-18-13-20(29-7)21(30-8)14-19(18)15-26-9-11-27(12-10-26)16-22(28)25-24(5,6)17-23(2,3)4/h13-14H,9-12,15-17H2,1-8H3,(H,25,28). The minimum atomic E-state index is -0.192.